The van der Waals surface area contributed by atoms with E-state index < -0.39 is 0 Å². The van der Waals surface area contributed by atoms with Crippen LogP contribution in [-0.2, 0) is 0 Å². The maximum absolute atomic E-state index is 2.29. The SMILES string of the molecule is CCC1=CC=C(C2=CC=C(C)C2)C1. The van der Waals surface area contributed by atoms with E-state index in [1.807, 2.05) is 0 Å². The number of rotatable bonds is 2. The molecule has 0 aromatic carbocycles. The van der Waals surface area contributed by atoms with Gasteiger partial charge < -0.3 is 0 Å². The molecular formula is C13H16. The summed E-state index contributed by atoms with van der Waals surface area (Å²) in [6.45, 7) is 4.43. The van der Waals surface area contributed by atoms with Crippen molar-refractivity contribution in [1.29, 1.82) is 0 Å². The fraction of sp³-hybridized carbons (Fsp3) is 0.385. The topological polar surface area (TPSA) is 0 Å². The van der Waals surface area contributed by atoms with Gasteiger partial charge in [0.1, 0.15) is 0 Å². The number of hydrogen-bond donors (Lipinski definition) is 0. The lowest BCUT2D eigenvalue weighted by Crippen LogP contribution is -1.86. The normalized spacial score (nSPS) is 21.1. The van der Waals surface area contributed by atoms with Crippen LogP contribution in [0.5, 0.6) is 0 Å². The van der Waals surface area contributed by atoms with Crippen molar-refractivity contribution in [1.82, 2.24) is 0 Å². The summed E-state index contributed by atoms with van der Waals surface area (Å²) >= 11 is 0. The van der Waals surface area contributed by atoms with Gasteiger partial charge in [-0.1, -0.05) is 42.4 Å². The fourth-order valence-electron chi connectivity index (χ4n) is 1.93. The van der Waals surface area contributed by atoms with Crippen LogP contribution in [-0.4, -0.2) is 0 Å². The van der Waals surface area contributed by atoms with Crippen LogP contribution < -0.4 is 0 Å². The van der Waals surface area contributed by atoms with Crippen molar-refractivity contribution in [2.45, 2.75) is 33.1 Å². The Balaban J connectivity index is 2.01. The highest BCUT2D eigenvalue weighted by Crippen LogP contribution is 2.32. The van der Waals surface area contributed by atoms with E-state index in [0.29, 0.717) is 0 Å². The molecule has 0 aromatic heterocycles. The van der Waals surface area contributed by atoms with Gasteiger partial charge in [-0.15, -0.1) is 0 Å². The number of allylic oxidation sites excluding steroid dienone is 8. The van der Waals surface area contributed by atoms with E-state index in [4.69, 9.17) is 0 Å². The van der Waals surface area contributed by atoms with Gasteiger partial charge in [-0.3, -0.25) is 0 Å². The van der Waals surface area contributed by atoms with Crippen LogP contribution in [0.15, 0.2) is 46.6 Å². The van der Waals surface area contributed by atoms with Crippen LogP contribution in [0.1, 0.15) is 33.1 Å². The van der Waals surface area contributed by atoms with Crippen molar-refractivity contribution >= 4 is 0 Å². The Morgan fingerprint density at radius 2 is 1.69 bits per heavy atom. The van der Waals surface area contributed by atoms with E-state index in [1.165, 1.54) is 29.6 Å². The van der Waals surface area contributed by atoms with Gasteiger partial charge in [-0.25, -0.2) is 0 Å². The molecule has 2 aliphatic rings. The Kier molecular flexibility index (Phi) is 2.22. The van der Waals surface area contributed by atoms with Crippen molar-refractivity contribution in [2.24, 2.45) is 0 Å². The molecule has 0 aromatic rings. The predicted molar refractivity (Wildman–Crippen MR) is 57.5 cm³/mol. The van der Waals surface area contributed by atoms with Gasteiger partial charge in [0.05, 0.1) is 0 Å². The van der Waals surface area contributed by atoms with E-state index in [1.54, 1.807) is 5.57 Å². The number of hydrogen-bond acceptors (Lipinski definition) is 0. The van der Waals surface area contributed by atoms with E-state index in [-0.39, 0.29) is 0 Å². The molecule has 13 heavy (non-hydrogen) atoms. The molecule has 0 nitrogen and oxygen atoms in total. The zero-order valence-corrected chi connectivity index (χ0v) is 8.43. The van der Waals surface area contributed by atoms with Gasteiger partial charge in [0, 0.05) is 0 Å². The van der Waals surface area contributed by atoms with Crippen LogP contribution in [0.2, 0.25) is 0 Å². The smallest absolute Gasteiger partial charge is 0.00612 e. The molecule has 0 atom stereocenters. The Hall–Kier alpha value is -1.04. The molecule has 0 aliphatic heterocycles. The van der Waals surface area contributed by atoms with Crippen molar-refractivity contribution in [3.05, 3.63) is 46.6 Å². The lowest BCUT2D eigenvalue weighted by Gasteiger charge is -2.05. The molecule has 0 saturated carbocycles. The third kappa shape index (κ3) is 1.67. The third-order valence-corrected chi connectivity index (χ3v) is 2.84. The zero-order chi connectivity index (χ0) is 9.26. The first-order chi connectivity index (χ1) is 6.29. The maximum atomic E-state index is 2.29. The molecule has 0 saturated heterocycles. The highest BCUT2D eigenvalue weighted by molar-refractivity contribution is 5.48. The van der Waals surface area contributed by atoms with E-state index in [0.717, 1.165) is 6.42 Å². The summed E-state index contributed by atoms with van der Waals surface area (Å²) in [5.74, 6) is 0. The summed E-state index contributed by atoms with van der Waals surface area (Å²) in [5, 5.41) is 0. The Morgan fingerprint density at radius 3 is 2.23 bits per heavy atom. The highest BCUT2D eigenvalue weighted by atomic mass is 14.2. The molecule has 0 fully saturated rings. The van der Waals surface area contributed by atoms with Crippen molar-refractivity contribution in [3.63, 3.8) is 0 Å². The van der Waals surface area contributed by atoms with Crippen molar-refractivity contribution in [3.8, 4) is 0 Å². The molecule has 2 rings (SSSR count). The maximum Gasteiger partial charge on any atom is -0.00612 e. The summed E-state index contributed by atoms with van der Waals surface area (Å²) in [4.78, 5) is 0. The lowest BCUT2D eigenvalue weighted by atomic mass is 10.00. The van der Waals surface area contributed by atoms with Gasteiger partial charge in [-0.2, -0.15) is 0 Å². The first-order valence-corrected chi connectivity index (χ1v) is 5.05. The molecule has 0 N–H and O–H groups in total. The summed E-state index contributed by atoms with van der Waals surface area (Å²) in [5.41, 5.74) is 6.11. The van der Waals surface area contributed by atoms with Crippen molar-refractivity contribution < 1.29 is 0 Å². The molecular weight excluding hydrogens is 156 g/mol. The second kappa shape index (κ2) is 3.37. The second-order valence-corrected chi connectivity index (χ2v) is 3.93. The molecule has 68 valence electrons. The Bertz CT molecular complexity index is 335. The summed E-state index contributed by atoms with van der Waals surface area (Å²) in [7, 11) is 0. The van der Waals surface area contributed by atoms with E-state index in [2.05, 4.69) is 38.2 Å². The van der Waals surface area contributed by atoms with Crippen molar-refractivity contribution in [2.75, 3.05) is 0 Å². The first-order valence-electron chi connectivity index (χ1n) is 5.05. The highest BCUT2D eigenvalue weighted by Gasteiger charge is 2.13. The molecule has 0 heteroatoms. The zero-order valence-electron chi connectivity index (χ0n) is 8.43. The Labute approximate surface area is 80.3 Å². The fourth-order valence-corrected chi connectivity index (χ4v) is 1.93. The van der Waals surface area contributed by atoms with E-state index >= 15 is 0 Å². The molecule has 0 bridgehead atoms. The van der Waals surface area contributed by atoms with E-state index in [9.17, 15) is 0 Å². The van der Waals surface area contributed by atoms with Gasteiger partial charge in [0.2, 0.25) is 0 Å². The quantitative estimate of drug-likeness (QED) is 0.592. The lowest BCUT2D eigenvalue weighted by molar-refractivity contribution is 1.00. The minimum absolute atomic E-state index is 1.16. The summed E-state index contributed by atoms with van der Waals surface area (Å²) in [6.07, 6.45) is 12.6. The monoisotopic (exact) mass is 172 g/mol. The minimum atomic E-state index is 1.16. The molecule has 0 radical (unpaired) electrons. The van der Waals surface area contributed by atoms with Crippen LogP contribution in [0, 0.1) is 0 Å². The first kappa shape index (κ1) is 8.55. The van der Waals surface area contributed by atoms with Gasteiger partial charge in [0.15, 0.2) is 0 Å². The largest absolute Gasteiger partial charge is 0.0689 e. The van der Waals surface area contributed by atoms with Gasteiger partial charge in [0.25, 0.3) is 0 Å². The van der Waals surface area contributed by atoms with Crippen LogP contribution >= 0.6 is 0 Å². The molecule has 0 spiro atoms. The summed E-state index contributed by atoms with van der Waals surface area (Å²) in [6, 6.07) is 0. The molecule has 0 heterocycles. The van der Waals surface area contributed by atoms with Crippen LogP contribution in [0.4, 0.5) is 0 Å². The third-order valence-electron chi connectivity index (χ3n) is 2.84. The second-order valence-electron chi connectivity index (χ2n) is 3.93. The minimum Gasteiger partial charge on any atom is -0.0689 e. The van der Waals surface area contributed by atoms with Crippen LogP contribution in [0.25, 0.3) is 0 Å². The summed E-state index contributed by atoms with van der Waals surface area (Å²) < 4.78 is 0. The van der Waals surface area contributed by atoms with Gasteiger partial charge in [-0.05, 0) is 37.3 Å². The molecule has 0 amide bonds. The molecule has 0 unspecified atom stereocenters. The predicted octanol–water partition coefficient (Wildman–Crippen LogP) is 3.93. The van der Waals surface area contributed by atoms with Crippen LogP contribution in [0.3, 0.4) is 0 Å². The molecule has 2 aliphatic carbocycles. The average Bonchev–Trinajstić information content (AvgIpc) is 2.71. The average molecular weight is 172 g/mol. The Morgan fingerprint density at radius 1 is 1.00 bits per heavy atom. The van der Waals surface area contributed by atoms with Gasteiger partial charge >= 0.3 is 0 Å². The standard InChI is InChI=1S/C13H16/c1-3-11-5-7-13(9-11)12-6-4-10(2)8-12/h4-7H,3,8-9H2,1-2H3.